The highest BCUT2D eigenvalue weighted by atomic mass is 32.2. The van der Waals surface area contributed by atoms with E-state index >= 15 is 0 Å². The summed E-state index contributed by atoms with van der Waals surface area (Å²) >= 11 is 1.31. The fourth-order valence-electron chi connectivity index (χ4n) is 3.20. The first-order valence-corrected chi connectivity index (χ1v) is 9.92. The van der Waals surface area contributed by atoms with Crippen LogP contribution in [0.15, 0.2) is 35.2 Å². The van der Waals surface area contributed by atoms with Gasteiger partial charge in [-0.1, -0.05) is 0 Å². The molecule has 148 valence electrons. The first-order valence-electron chi connectivity index (χ1n) is 8.70. The lowest BCUT2D eigenvalue weighted by molar-refractivity contribution is -0.385. The molecule has 1 saturated heterocycles. The van der Waals surface area contributed by atoms with E-state index in [1.165, 1.54) is 43.1 Å². The van der Waals surface area contributed by atoms with Gasteiger partial charge in [-0.15, -0.1) is 11.8 Å². The van der Waals surface area contributed by atoms with Crippen molar-refractivity contribution in [3.8, 4) is 5.75 Å². The van der Waals surface area contributed by atoms with Crippen LogP contribution in [0.2, 0.25) is 0 Å². The van der Waals surface area contributed by atoms with Gasteiger partial charge in [0.15, 0.2) is 0 Å². The molecule has 2 aromatic carbocycles. The zero-order valence-electron chi connectivity index (χ0n) is 15.5. The summed E-state index contributed by atoms with van der Waals surface area (Å²) in [7, 11) is 1.41. The van der Waals surface area contributed by atoms with E-state index in [2.05, 4.69) is 5.32 Å². The Balaban J connectivity index is 1.93. The van der Waals surface area contributed by atoms with Crippen LogP contribution in [-0.2, 0) is 0 Å². The maximum atomic E-state index is 14.1. The Bertz CT molecular complexity index is 916. The number of amides is 1. The van der Waals surface area contributed by atoms with Crippen molar-refractivity contribution in [2.75, 3.05) is 36.7 Å². The van der Waals surface area contributed by atoms with Gasteiger partial charge < -0.3 is 15.0 Å². The summed E-state index contributed by atoms with van der Waals surface area (Å²) in [5.74, 6) is -0.839. The normalized spacial score (nSPS) is 13.5. The Morgan fingerprint density at radius 1 is 1.25 bits per heavy atom. The minimum Gasteiger partial charge on any atom is -0.495 e. The van der Waals surface area contributed by atoms with Crippen molar-refractivity contribution < 1.29 is 18.8 Å². The SMILES string of the molecule is COc1cc([N+](=O)[O-])c(C(=O)Nc2cc(F)cc(N3CCCC3)c2)cc1SC. The Morgan fingerprint density at radius 3 is 2.57 bits per heavy atom. The number of nitro groups is 1. The second kappa shape index (κ2) is 8.47. The molecule has 1 heterocycles. The van der Waals surface area contributed by atoms with E-state index in [1.54, 1.807) is 12.3 Å². The van der Waals surface area contributed by atoms with Gasteiger partial charge in [-0.25, -0.2) is 4.39 Å². The molecular formula is C19H20FN3O4S. The molecule has 7 nitrogen and oxygen atoms in total. The lowest BCUT2D eigenvalue weighted by atomic mass is 10.1. The van der Waals surface area contributed by atoms with E-state index in [1.807, 2.05) is 4.90 Å². The van der Waals surface area contributed by atoms with E-state index in [-0.39, 0.29) is 16.9 Å². The molecule has 1 aliphatic heterocycles. The van der Waals surface area contributed by atoms with Crippen LogP contribution in [-0.4, -0.2) is 37.3 Å². The number of hydrogen-bond donors (Lipinski definition) is 1. The Labute approximate surface area is 166 Å². The largest absolute Gasteiger partial charge is 0.495 e. The first-order chi connectivity index (χ1) is 13.4. The van der Waals surface area contributed by atoms with Crippen LogP contribution in [0.4, 0.5) is 21.5 Å². The molecule has 2 aromatic rings. The average molecular weight is 405 g/mol. The van der Waals surface area contributed by atoms with Crippen molar-refractivity contribution in [2.45, 2.75) is 17.7 Å². The zero-order valence-corrected chi connectivity index (χ0v) is 16.3. The molecule has 1 N–H and O–H groups in total. The number of anilines is 2. The smallest absolute Gasteiger partial charge is 0.285 e. The number of halogens is 1. The predicted octanol–water partition coefficient (Wildman–Crippen LogP) is 4.32. The second-order valence-electron chi connectivity index (χ2n) is 6.33. The van der Waals surface area contributed by atoms with E-state index in [9.17, 15) is 19.3 Å². The van der Waals surface area contributed by atoms with E-state index < -0.39 is 16.6 Å². The van der Waals surface area contributed by atoms with Crippen molar-refractivity contribution in [2.24, 2.45) is 0 Å². The number of hydrogen-bond acceptors (Lipinski definition) is 6. The molecule has 1 fully saturated rings. The number of nitrogens with zero attached hydrogens (tertiary/aromatic N) is 2. The van der Waals surface area contributed by atoms with E-state index in [0.717, 1.165) is 25.9 Å². The van der Waals surface area contributed by atoms with Crippen LogP contribution in [0.3, 0.4) is 0 Å². The third-order valence-electron chi connectivity index (χ3n) is 4.55. The number of carbonyl (C=O) groups excluding carboxylic acids is 1. The standard InChI is InChI=1S/C19H20FN3O4S/c1-27-17-11-16(23(25)26)15(10-18(17)28-2)19(24)21-13-7-12(20)8-14(9-13)22-5-3-4-6-22/h7-11H,3-6H2,1-2H3,(H,21,24). The Kier molecular flexibility index (Phi) is 6.03. The van der Waals surface area contributed by atoms with Gasteiger partial charge in [-0.05, 0) is 43.4 Å². The molecule has 0 spiro atoms. The summed E-state index contributed by atoms with van der Waals surface area (Å²) in [6.45, 7) is 1.66. The van der Waals surface area contributed by atoms with Gasteiger partial charge >= 0.3 is 0 Å². The zero-order chi connectivity index (χ0) is 20.3. The lowest BCUT2D eigenvalue weighted by Crippen LogP contribution is -2.19. The summed E-state index contributed by atoms with van der Waals surface area (Å²) < 4.78 is 19.2. The quantitative estimate of drug-likeness (QED) is 0.438. The molecule has 0 aromatic heterocycles. The number of nitrogens with one attached hydrogen (secondary N) is 1. The third kappa shape index (κ3) is 4.19. The number of methoxy groups -OCH3 is 1. The summed E-state index contributed by atoms with van der Waals surface area (Å²) in [4.78, 5) is 26.2. The van der Waals surface area contributed by atoms with Gasteiger partial charge in [0.1, 0.15) is 17.1 Å². The number of nitro benzene ring substituents is 1. The maximum Gasteiger partial charge on any atom is 0.285 e. The average Bonchev–Trinajstić information content (AvgIpc) is 3.21. The minimum absolute atomic E-state index is 0.109. The van der Waals surface area contributed by atoms with Crippen molar-refractivity contribution in [1.82, 2.24) is 0 Å². The van der Waals surface area contributed by atoms with Gasteiger partial charge in [0.25, 0.3) is 11.6 Å². The van der Waals surface area contributed by atoms with Crippen LogP contribution in [0, 0.1) is 15.9 Å². The summed E-state index contributed by atoms with van der Waals surface area (Å²) in [6, 6.07) is 6.93. The first kappa shape index (κ1) is 19.9. The molecular weight excluding hydrogens is 385 g/mol. The van der Waals surface area contributed by atoms with E-state index in [0.29, 0.717) is 16.3 Å². The number of ether oxygens (including phenoxy) is 1. The second-order valence-corrected chi connectivity index (χ2v) is 7.18. The molecule has 1 aliphatic rings. The van der Waals surface area contributed by atoms with Crippen LogP contribution in [0.25, 0.3) is 0 Å². The van der Waals surface area contributed by atoms with Crippen molar-refractivity contribution in [3.05, 3.63) is 51.8 Å². The fraction of sp³-hybridized carbons (Fsp3) is 0.316. The highest BCUT2D eigenvalue weighted by molar-refractivity contribution is 7.98. The Hall–Kier alpha value is -2.81. The van der Waals surface area contributed by atoms with Crippen molar-refractivity contribution >= 4 is 34.7 Å². The van der Waals surface area contributed by atoms with E-state index in [4.69, 9.17) is 4.74 Å². The van der Waals surface area contributed by atoms with Gasteiger partial charge in [0.05, 0.1) is 23.0 Å². The summed E-state index contributed by atoms with van der Waals surface area (Å²) in [5, 5.41) is 14.0. The molecule has 0 radical (unpaired) electrons. The molecule has 0 saturated carbocycles. The van der Waals surface area contributed by atoms with Crippen LogP contribution in [0.1, 0.15) is 23.2 Å². The number of benzene rings is 2. The van der Waals surface area contributed by atoms with Gasteiger partial charge in [-0.3, -0.25) is 14.9 Å². The van der Waals surface area contributed by atoms with Crippen LogP contribution >= 0.6 is 11.8 Å². The highest BCUT2D eigenvalue weighted by Gasteiger charge is 2.24. The van der Waals surface area contributed by atoms with Gasteiger partial charge in [-0.2, -0.15) is 0 Å². The van der Waals surface area contributed by atoms with Gasteiger partial charge in [0.2, 0.25) is 0 Å². The van der Waals surface area contributed by atoms with Crippen LogP contribution < -0.4 is 15.0 Å². The van der Waals surface area contributed by atoms with Crippen molar-refractivity contribution in [1.29, 1.82) is 0 Å². The molecule has 0 atom stereocenters. The third-order valence-corrected chi connectivity index (χ3v) is 5.31. The summed E-state index contributed by atoms with van der Waals surface area (Å²) in [6.07, 6.45) is 3.85. The number of thioether (sulfide) groups is 1. The topological polar surface area (TPSA) is 84.7 Å². The molecule has 0 bridgehead atoms. The van der Waals surface area contributed by atoms with Crippen LogP contribution in [0.5, 0.6) is 5.75 Å². The molecule has 1 amide bonds. The molecule has 3 rings (SSSR count). The summed E-state index contributed by atoms with van der Waals surface area (Å²) in [5.41, 5.74) is 0.454. The van der Waals surface area contributed by atoms with Gasteiger partial charge in [0, 0.05) is 24.5 Å². The monoisotopic (exact) mass is 405 g/mol. The molecule has 9 heteroatoms. The predicted molar refractivity (Wildman–Crippen MR) is 107 cm³/mol. The maximum absolute atomic E-state index is 14.1. The highest BCUT2D eigenvalue weighted by Crippen LogP contribution is 2.35. The molecule has 0 aliphatic carbocycles. The Morgan fingerprint density at radius 2 is 1.96 bits per heavy atom. The molecule has 28 heavy (non-hydrogen) atoms. The van der Waals surface area contributed by atoms with Crippen molar-refractivity contribution in [3.63, 3.8) is 0 Å². The molecule has 0 unspecified atom stereocenters. The number of carbonyl (C=O) groups is 1. The fourth-order valence-corrected chi connectivity index (χ4v) is 3.78. The minimum atomic E-state index is -0.678. The number of rotatable bonds is 6. The lowest BCUT2D eigenvalue weighted by Gasteiger charge is -2.19.